The van der Waals surface area contributed by atoms with Crippen LogP contribution in [0.15, 0.2) is 11.8 Å². The highest BCUT2D eigenvalue weighted by atomic mass is 16.5. The molecule has 0 bridgehead atoms. The summed E-state index contributed by atoms with van der Waals surface area (Å²) in [6, 6.07) is 0. The maximum absolute atomic E-state index is 10.4. The third kappa shape index (κ3) is 1.19. The van der Waals surface area contributed by atoms with Gasteiger partial charge in [-0.05, 0) is 36.7 Å². The van der Waals surface area contributed by atoms with E-state index in [1.807, 2.05) is 0 Å². The van der Waals surface area contributed by atoms with E-state index >= 15 is 0 Å². The summed E-state index contributed by atoms with van der Waals surface area (Å²) >= 11 is 0. The van der Waals surface area contributed by atoms with Crippen LogP contribution in [0.25, 0.3) is 0 Å². The fourth-order valence-electron chi connectivity index (χ4n) is 2.33. The lowest BCUT2D eigenvalue weighted by Gasteiger charge is -2.54. The van der Waals surface area contributed by atoms with Crippen molar-refractivity contribution in [3.63, 3.8) is 0 Å². The van der Waals surface area contributed by atoms with Crippen LogP contribution in [0.1, 0.15) is 39.5 Å². The second kappa shape index (κ2) is 2.74. The highest BCUT2D eigenvalue weighted by Crippen LogP contribution is 2.54. The smallest absolute Gasteiger partial charge is 0.0939 e. The van der Waals surface area contributed by atoms with Gasteiger partial charge >= 0.3 is 0 Å². The minimum absolute atomic E-state index is 0.0412. The molecule has 2 heteroatoms. The second-order valence-corrected chi connectivity index (χ2v) is 4.86. The summed E-state index contributed by atoms with van der Waals surface area (Å²) in [5, 5.41) is 10.4. The Balaban J connectivity index is 2.19. The third-order valence-corrected chi connectivity index (χ3v) is 3.70. The van der Waals surface area contributed by atoms with Crippen molar-refractivity contribution in [2.45, 2.75) is 45.1 Å². The van der Waals surface area contributed by atoms with Gasteiger partial charge in [-0.15, -0.1) is 0 Å². The van der Waals surface area contributed by atoms with Crippen LogP contribution in [0.3, 0.4) is 0 Å². The average molecular weight is 182 g/mol. The molecule has 0 saturated heterocycles. The molecular weight excluding hydrogens is 164 g/mol. The van der Waals surface area contributed by atoms with Gasteiger partial charge in [0.05, 0.1) is 18.5 Å². The number of ether oxygens (including phenoxy) is 1. The van der Waals surface area contributed by atoms with Crippen LogP contribution in [0.4, 0.5) is 0 Å². The summed E-state index contributed by atoms with van der Waals surface area (Å²) in [7, 11) is 0. The van der Waals surface area contributed by atoms with E-state index in [9.17, 15) is 5.11 Å². The Morgan fingerprint density at radius 1 is 1.38 bits per heavy atom. The maximum atomic E-state index is 10.4. The second-order valence-electron chi connectivity index (χ2n) is 4.86. The quantitative estimate of drug-likeness (QED) is 0.674. The van der Waals surface area contributed by atoms with Crippen molar-refractivity contribution in [2.75, 3.05) is 6.61 Å². The molecule has 0 aromatic heterocycles. The molecule has 74 valence electrons. The fourth-order valence-corrected chi connectivity index (χ4v) is 2.33. The van der Waals surface area contributed by atoms with Crippen molar-refractivity contribution in [2.24, 2.45) is 5.41 Å². The molecule has 1 fully saturated rings. The topological polar surface area (TPSA) is 29.5 Å². The van der Waals surface area contributed by atoms with E-state index < -0.39 is 5.60 Å². The first-order valence-corrected chi connectivity index (χ1v) is 5.10. The Morgan fingerprint density at radius 3 is 2.54 bits per heavy atom. The lowest BCUT2D eigenvalue weighted by atomic mass is 9.55. The van der Waals surface area contributed by atoms with Gasteiger partial charge in [-0.1, -0.05) is 13.8 Å². The summed E-state index contributed by atoms with van der Waals surface area (Å²) in [5.74, 6) is 0. The van der Waals surface area contributed by atoms with Gasteiger partial charge in [-0.2, -0.15) is 0 Å². The Morgan fingerprint density at radius 2 is 2.15 bits per heavy atom. The molecule has 1 aliphatic carbocycles. The highest BCUT2D eigenvalue weighted by Gasteiger charge is 2.54. The minimum atomic E-state index is -0.576. The van der Waals surface area contributed by atoms with Crippen LogP contribution >= 0.6 is 0 Å². The minimum Gasteiger partial charge on any atom is -0.501 e. The standard InChI is InChI=1S/C11H18O2/c1-10(2)5-6-11(10,12)9-4-3-7-13-8-9/h8,12H,3-7H2,1-2H3. The molecule has 0 aromatic carbocycles. The predicted molar refractivity (Wildman–Crippen MR) is 51.2 cm³/mol. The summed E-state index contributed by atoms with van der Waals surface area (Å²) in [5.41, 5.74) is 0.572. The normalized spacial score (nSPS) is 37.3. The molecule has 1 aliphatic heterocycles. The molecule has 1 atom stereocenters. The van der Waals surface area contributed by atoms with Gasteiger partial charge in [0.15, 0.2) is 0 Å². The van der Waals surface area contributed by atoms with E-state index in [1.54, 1.807) is 6.26 Å². The van der Waals surface area contributed by atoms with E-state index in [0.717, 1.165) is 37.9 Å². The van der Waals surface area contributed by atoms with Gasteiger partial charge in [-0.3, -0.25) is 0 Å². The third-order valence-electron chi connectivity index (χ3n) is 3.70. The van der Waals surface area contributed by atoms with Crippen LogP contribution in [-0.4, -0.2) is 17.3 Å². The molecule has 2 aliphatic rings. The number of hydrogen-bond acceptors (Lipinski definition) is 2. The average Bonchev–Trinajstić information content (AvgIpc) is 2.16. The Kier molecular flexibility index (Phi) is 1.91. The van der Waals surface area contributed by atoms with Crippen molar-refractivity contribution in [1.29, 1.82) is 0 Å². The number of aliphatic hydroxyl groups is 1. The zero-order valence-corrected chi connectivity index (χ0v) is 8.47. The summed E-state index contributed by atoms with van der Waals surface area (Å²) < 4.78 is 5.28. The van der Waals surface area contributed by atoms with Crippen molar-refractivity contribution in [3.8, 4) is 0 Å². The van der Waals surface area contributed by atoms with E-state index in [4.69, 9.17) is 4.74 Å². The largest absolute Gasteiger partial charge is 0.501 e. The molecule has 2 rings (SSSR count). The van der Waals surface area contributed by atoms with Crippen LogP contribution in [-0.2, 0) is 4.74 Å². The first kappa shape index (κ1) is 9.07. The molecule has 0 aromatic rings. The molecule has 0 radical (unpaired) electrons. The monoisotopic (exact) mass is 182 g/mol. The van der Waals surface area contributed by atoms with E-state index in [1.165, 1.54) is 0 Å². The van der Waals surface area contributed by atoms with Gasteiger partial charge in [0, 0.05) is 0 Å². The molecule has 1 heterocycles. The van der Waals surface area contributed by atoms with Gasteiger partial charge in [0.25, 0.3) is 0 Å². The van der Waals surface area contributed by atoms with Crippen LogP contribution in [0.2, 0.25) is 0 Å². The first-order valence-electron chi connectivity index (χ1n) is 5.10. The lowest BCUT2D eigenvalue weighted by molar-refractivity contribution is -0.123. The zero-order chi connectivity index (χ0) is 9.53. The Bertz CT molecular complexity index is 242. The molecule has 13 heavy (non-hydrogen) atoms. The van der Waals surface area contributed by atoms with Gasteiger partial charge < -0.3 is 9.84 Å². The highest BCUT2D eigenvalue weighted by molar-refractivity contribution is 5.25. The SMILES string of the molecule is CC1(C)CCC1(O)C1=COCCC1. The Hall–Kier alpha value is -0.500. The maximum Gasteiger partial charge on any atom is 0.0939 e. The summed E-state index contributed by atoms with van der Waals surface area (Å²) in [4.78, 5) is 0. The van der Waals surface area contributed by atoms with E-state index in [-0.39, 0.29) is 5.41 Å². The summed E-state index contributed by atoms with van der Waals surface area (Å²) in [6.07, 6.45) is 5.84. The van der Waals surface area contributed by atoms with Crippen LogP contribution < -0.4 is 0 Å². The Labute approximate surface area is 79.6 Å². The van der Waals surface area contributed by atoms with Gasteiger partial charge in [0.2, 0.25) is 0 Å². The van der Waals surface area contributed by atoms with Crippen molar-refractivity contribution < 1.29 is 9.84 Å². The first-order chi connectivity index (χ1) is 6.06. The molecule has 0 amide bonds. The van der Waals surface area contributed by atoms with Crippen molar-refractivity contribution in [3.05, 3.63) is 11.8 Å². The number of hydrogen-bond donors (Lipinski definition) is 1. The van der Waals surface area contributed by atoms with Gasteiger partial charge in [0.1, 0.15) is 0 Å². The van der Waals surface area contributed by atoms with Crippen molar-refractivity contribution in [1.82, 2.24) is 0 Å². The molecule has 2 nitrogen and oxygen atoms in total. The van der Waals surface area contributed by atoms with Crippen molar-refractivity contribution >= 4 is 0 Å². The number of rotatable bonds is 1. The van der Waals surface area contributed by atoms with Crippen LogP contribution in [0, 0.1) is 5.41 Å². The lowest BCUT2D eigenvalue weighted by Crippen LogP contribution is -2.55. The van der Waals surface area contributed by atoms with Crippen LogP contribution in [0.5, 0.6) is 0 Å². The fraction of sp³-hybridized carbons (Fsp3) is 0.818. The molecular formula is C11H18O2. The van der Waals surface area contributed by atoms with Gasteiger partial charge in [-0.25, -0.2) is 0 Å². The summed E-state index contributed by atoms with van der Waals surface area (Å²) in [6.45, 7) is 5.07. The molecule has 1 saturated carbocycles. The predicted octanol–water partition coefficient (Wildman–Crippen LogP) is 2.23. The van der Waals surface area contributed by atoms with E-state index in [0.29, 0.717) is 0 Å². The zero-order valence-electron chi connectivity index (χ0n) is 8.47. The molecule has 0 spiro atoms. The van der Waals surface area contributed by atoms with E-state index in [2.05, 4.69) is 13.8 Å². The molecule has 1 N–H and O–H groups in total. The molecule has 1 unspecified atom stereocenters.